The van der Waals surface area contributed by atoms with Crippen molar-refractivity contribution in [2.24, 2.45) is 5.92 Å². The molecule has 0 spiro atoms. The van der Waals surface area contributed by atoms with E-state index >= 15 is 0 Å². The zero-order valence-electron chi connectivity index (χ0n) is 17.4. The molecule has 0 saturated carbocycles. The van der Waals surface area contributed by atoms with Crippen LogP contribution >= 0.6 is 0 Å². The Morgan fingerprint density at radius 3 is 2.45 bits per heavy atom. The van der Waals surface area contributed by atoms with Crippen LogP contribution in [0.5, 0.6) is 0 Å². The second kappa shape index (κ2) is 10.4. The van der Waals surface area contributed by atoms with Crippen LogP contribution in [0, 0.1) is 5.92 Å². The number of carbonyl (C=O) groups excluding carboxylic acids is 2. The quantitative estimate of drug-likeness (QED) is 0.717. The summed E-state index contributed by atoms with van der Waals surface area (Å²) >= 11 is 0. The molecule has 1 aromatic heterocycles. The van der Waals surface area contributed by atoms with E-state index in [-0.39, 0.29) is 29.9 Å². The second-order valence-electron chi connectivity index (χ2n) is 7.50. The van der Waals surface area contributed by atoms with Crippen LogP contribution < -0.4 is 5.32 Å². The van der Waals surface area contributed by atoms with Gasteiger partial charge < -0.3 is 20.1 Å². The Bertz CT molecular complexity index is 972. The number of carboxylic acids is 1. The molecule has 2 N–H and O–H groups in total. The zero-order chi connectivity index (χ0) is 24.0. The summed E-state index contributed by atoms with van der Waals surface area (Å²) in [5, 5.41) is 10.1. The lowest BCUT2D eigenvalue weighted by Crippen LogP contribution is -2.37. The van der Waals surface area contributed by atoms with E-state index in [0.29, 0.717) is 25.3 Å². The molecule has 3 unspecified atom stereocenters. The van der Waals surface area contributed by atoms with Crippen LogP contribution in [0.2, 0.25) is 0 Å². The van der Waals surface area contributed by atoms with E-state index in [1.54, 1.807) is 17.3 Å². The Morgan fingerprint density at radius 1 is 1.15 bits per heavy atom. The first-order valence-electron chi connectivity index (χ1n) is 10.1. The fraction of sp³-hybridized carbons (Fsp3) is 0.364. The molecule has 4 rings (SSSR count). The molecule has 2 amide bonds. The molecule has 3 heterocycles. The lowest BCUT2D eigenvalue weighted by atomic mass is 10.0. The number of carboxylic acid groups (broad SMARTS) is 1. The zero-order valence-corrected chi connectivity index (χ0v) is 17.4. The molecule has 0 bridgehead atoms. The Balaban J connectivity index is 0.000000383. The molecule has 33 heavy (non-hydrogen) atoms. The van der Waals surface area contributed by atoms with Crippen LogP contribution in [-0.2, 0) is 20.9 Å². The van der Waals surface area contributed by atoms with Crippen LogP contribution in [-0.4, -0.2) is 64.2 Å². The first-order valence-corrected chi connectivity index (χ1v) is 10.1. The largest absolute Gasteiger partial charge is 0.490 e. The fourth-order valence-corrected chi connectivity index (χ4v) is 3.80. The number of hydrogen-bond donors (Lipinski definition) is 2. The van der Waals surface area contributed by atoms with Gasteiger partial charge in [-0.15, -0.1) is 0 Å². The molecule has 2 fully saturated rings. The highest BCUT2D eigenvalue weighted by molar-refractivity contribution is 5.95. The van der Waals surface area contributed by atoms with E-state index in [2.05, 4.69) is 10.3 Å². The van der Waals surface area contributed by atoms with Gasteiger partial charge in [-0.25, -0.2) is 4.79 Å². The van der Waals surface area contributed by atoms with Gasteiger partial charge in [0, 0.05) is 37.7 Å². The molecular formula is C22H22F3N3O5. The lowest BCUT2D eigenvalue weighted by Gasteiger charge is -2.22. The van der Waals surface area contributed by atoms with E-state index in [1.165, 1.54) is 0 Å². The van der Waals surface area contributed by atoms with Crippen molar-refractivity contribution >= 4 is 17.8 Å². The standard InChI is InChI=1S/C20H21N3O3.C2HF3O2/c24-19(22-12-14-5-4-9-21-11-14)16-13-23(17-8-10-26-18(16)17)20(25)15-6-2-1-3-7-15;3-2(4,5)1(6)7/h1-7,9,11,16-18H,8,10,12-13H2,(H,22,24);(H,6,7). The fourth-order valence-electron chi connectivity index (χ4n) is 3.80. The van der Waals surface area contributed by atoms with Gasteiger partial charge in [-0.05, 0) is 30.2 Å². The Morgan fingerprint density at radius 2 is 1.85 bits per heavy atom. The Labute approximate surface area is 187 Å². The number of likely N-dealkylation sites (tertiary alicyclic amines) is 1. The Kier molecular flexibility index (Phi) is 7.64. The minimum absolute atomic E-state index is 0.0307. The van der Waals surface area contributed by atoms with Crippen molar-refractivity contribution in [1.82, 2.24) is 15.2 Å². The second-order valence-corrected chi connectivity index (χ2v) is 7.50. The van der Waals surface area contributed by atoms with Gasteiger partial charge in [0.25, 0.3) is 5.91 Å². The van der Waals surface area contributed by atoms with Gasteiger partial charge in [0.2, 0.25) is 5.91 Å². The summed E-state index contributed by atoms with van der Waals surface area (Å²) in [6.45, 7) is 1.40. The maximum absolute atomic E-state index is 12.9. The molecule has 2 aromatic rings. The Hall–Kier alpha value is -3.47. The molecule has 2 aliphatic heterocycles. The number of fused-ring (bicyclic) bond motifs is 1. The number of aromatic nitrogens is 1. The summed E-state index contributed by atoms with van der Waals surface area (Å²) in [6, 6.07) is 12.9. The average Bonchev–Trinajstić information content (AvgIpc) is 3.41. The van der Waals surface area contributed by atoms with Gasteiger partial charge >= 0.3 is 12.1 Å². The third kappa shape index (κ3) is 6.07. The lowest BCUT2D eigenvalue weighted by molar-refractivity contribution is -0.192. The highest BCUT2D eigenvalue weighted by atomic mass is 19.4. The number of nitrogens with one attached hydrogen (secondary N) is 1. The van der Waals surface area contributed by atoms with Crippen LogP contribution in [0.15, 0.2) is 54.9 Å². The topological polar surface area (TPSA) is 109 Å². The number of hydrogen-bond acceptors (Lipinski definition) is 5. The van der Waals surface area contributed by atoms with E-state index < -0.39 is 12.1 Å². The molecule has 3 atom stereocenters. The first kappa shape index (κ1) is 24.2. The number of nitrogens with zero attached hydrogens (tertiary/aromatic N) is 2. The monoisotopic (exact) mass is 465 g/mol. The highest BCUT2D eigenvalue weighted by Gasteiger charge is 2.50. The number of rotatable bonds is 4. The van der Waals surface area contributed by atoms with Gasteiger partial charge in [0.05, 0.1) is 18.1 Å². The van der Waals surface area contributed by atoms with Crippen molar-refractivity contribution in [3.63, 3.8) is 0 Å². The van der Waals surface area contributed by atoms with E-state index in [4.69, 9.17) is 14.6 Å². The first-order chi connectivity index (χ1) is 15.7. The molecule has 0 radical (unpaired) electrons. The number of aliphatic carboxylic acids is 1. The summed E-state index contributed by atoms with van der Waals surface area (Å²) < 4.78 is 37.5. The van der Waals surface area contributed by atoms with Crippen molar-refractivity contribution < 1.29 is 37.4 Å². The number of amides is 2. The van der Waals surface area contributed by atoms with E-state index in [0.717, 1.165) is 12.0 Å². The van der Waals surface area contributed by atoms with Crippen molar-refractivity contribution in [3.05, 3.63) is 66.0 Å². The molecule has 176 valence electrons. The number of halogens is 3. The van der Waals surface area contributed by atoms with Crippen LogP contribution in [0.4, 0.5) is 13.2 Å². The summed E-state index contributed by atoms with van der Waals surface area (Å²) in [4.78, 5) is 40.3. The molecular weight excluding hydrogens is 443 g/mol. The van der Waals surface area contributed by atoms with Crippen molar-refractivity contribution in [1.29, 1.82) is 0 Å². The predicted octanol–water partition coefficient (Wildman–Crippen LogP) is 2.26. The van der Waals surface area contributed by atoms with Crippen molar-refractivity contribution in [3.8, 4) is 0 Å². The van der Waals surface area contributed by atoms with E-state index in [9.17, 15) is 22.8 Å². The van der Waals surface area contributed by atoms with Crippen molar-refractivity contribution in [2.75, 3.05) is 13.2 Å². The number of pyridine rings is 1. The van der Waals surface area contributed by atoms with Crippen molar-refractivity contribution in [2.45, 2.75) is 31.3 Å². The number of carbonyl (C=O) groups is 3. The number of benzene rings is 1. The molecule has 8 nitrogen and oxygen atoms in total. The smallest absolute Gasteiger partial charge is 0.475 e. The average molecular weight is 465 g/mol. The molecule has 0 aliphatic carbocycles. The third-order valence-corrected chi connectivity index (χ3v) is 5.34. The molecule has 1 aromatic carbocycles. The number of alkyl halides is 3. The summed E-state index contributed by atoms with van der Waals surface area (Å²) in [7, 11) is 0. The maximum Gasteiger partial charge on any atom is 0.490 e. The van der Waals surface area contributed by atoms with Crippen LogP contribution in [0.1, 0.15) is 22.3 Å². The predicted molar refractivity (Wildman–Crippen MR) is 109 cm³/mol. The van der Waals surface area contributed by atoms with Gasteiger partial charge in [0.1, 0.15) is 0 Å². The molecule has 2 aliphatic rings. The maximum atomic E-state index is 12.9. The van der Waals surface area contributed by atoms with Crippen LogP contribution in [0.3, 0.4) is 0 Å². The van der Waals surface area contributed by atoms with E-state index in [1.807, 2.05) is 42.5 Å². The molecule has 2 saturated heterocycles. The van der Waals surface area contributed by atoms with Gasteiger partial charge in [-0.2, -0.15) is 13.2 Å². The van der Waals surface area contributed by atoms with Gasteiger partial charge in [0.15, 0.2) is 0 Å². The summed E-state index contributed by atoms with van der Waals surface area (Å²) in [6.07, 6.45) is -1.10. The summed E-state index contributed by atoms with van der Waals surface area (Å²) in [5.74, 6) is -3.21. The summed E-state index contributed by atoms with van der Waals surface area (Å²) in [5.41, 5.74) is 1.59. The van der Waals surface area contributed by atoms with Crippen LogP contribution in [0.25, 0.3) is 0 Å². The SMILES string of the molecule is O=C(NCc1cccnc1)C1CN(C(=O)c2ccccc2)C2CCOC12.O=C(O)C(F)(F)F. The third-order valence-electron chi connectivity index (χ3n) is 5.34. The number of ether oxygens (including phenoxy) is 1. The van der Waals surface area contributed by atoms with Gasteiger partial charge in [-0.3, -0.25) is 14.6 Å². The minimum atomic E-state index is -5.08. The normalized spacial score (nSPS) is 21.5. The van der Waals surface area contributed by atoms with Gasteiger partial charge in [-0.1, -0.05) is 24.3 Å². The minimum Gasteiger partial charge on any atom is -0.475 e. The molecule has 11 heteroatoms. The highest BCUT2D eigenvalue weighted by Crippen LogP contribution is 2.34.